The Hall–Kier alpha value is -2.77. The largest absolute Gasteiger partial charge is 0.326 e. The molecule has 0 aromatic heterocycles. The Morgan fingerprint density at radius 2 is 2.00 bits per heavy atom. The summed E-state index contributed by atoms with van der Waals surface area (Å²) in [6.07, 6.45) is 5.05. The van der Waals surface area contributed by atoms with E-state index in [-0.39, 0.29) is 29.8 Å². The van der Waals surface area contributed by atoms with E-state index in [4.69, 9.17) is 0 Å². The number of nitrogens with one attached hydrogen (secondary N) is 2. The second-order valence-corrected chi connectivity index (χ2v) is 6.19. The predicted molar refractivity (Wildman–Crippen MR) is 94.2 cm³/mol. The number of hydrazone groups is 1. The average Bonchev–Trinajstić information content (AvgIpc) is 2.60. The summed E-state index contributed by atoms with van der Waals surface area (Å²) in [5.74, 6) is -0.448. The Morgan fingerprint density at radius 3 is 2.68 bits per heavy atom. The molecule has 25 heavy (non-hydrogen) atoms. The molecule has 8 heteroatoms. The van der Waals surface area contributed by atoms with Gasteiger partial charge in [0.2, 0.25) is 11.8 Å². The second kappa shape index (κ2) is 8.91. The SMILES string of the molecule is C/C(CC(=O)Nc1cccc([N+](=O)[O-])c1)=N\NC(=O)C1CCCCC1. The average molecular weight is 346 g/mol. The number of benzene rings is 1. The molecule has 0 radical (unpaired) electrons. The number of nitro benzene ring substituents is 1. The molecule has 1 aromatic rings. The summed E-state index contributed by atoms with van der Waals surface area (Å²) < 4.78 is 0. The maximum atomic E-state index is 12.0. The van der Waals surface area contributed by atoms with E-state index >= 15 is 0 Å². The number of rotatable bonds is 6. The number of anilines is 1. The Morgan fingerprint density at radius 1 is 1.28 bits per heavy atom. The molecule has 0 unspecified atom stereocenters. The first-order valence-electron chi connectivity index (χ1n) is 8.33. The third-order valence-electron chi connectivity index (χ3n) is 4.09. The maximum absolute atomic E-state index is 12.0. The summed E-state index contributed by atoms with van der Waals surface area (Å²) in [6, 6.07) is 5.71. The van der Waals surface area contributed by atoms with Gasteiger partial charge in [-0.1, -0.05) is 25.3 Å². The summed E-state index contributed by atoms with van der Waals surface area (Å²) in [6.45, 7) is 1.65. The van der Waals surface area contributed by atoms with Crippen LogP contribution in [0.15, 0.2) is 29.4 Å². The fourth-order valence-electron chi connectivity index (χ4n) is 2.78. The highest BCUT2D eigenvalue weighted by molar-refractivity contribution is 6.05. The van der Waals surface area contributed by atoms with Crippen molar-refractivity contribution in [1.82, 2.24) is 5.43 Å². The van der Waals surface area contributed by atoms with Gasteiger partial charge in [0.05, 0.1) is 11.3 Å². The first-order chi connectivity index (χ1) is 12.0. The molecular weight excluding hydrogens is 324 g/mol. The normalized spacial score (nSPS) is 15.5. The van der Waals surface area contributed by atoms with Crippen molar-refractivity contribution in [3.8, 4) is 0 Å². The molecule has 1 aliphatic rings. The number of nitro groups is 1. The van der Waals surface area contributed by atoms with Crippen LogP contribution in [0.5, 0.6) is 0 Å². The lowest BCUT2D eigenvalue weighted by molar-refractivity contribution is -0.384. The molecule has 2 rings (SSSR count). The highest BCUT2D eigenvalue weighted by Crippen LogP contribution is 2.23. The summed E-state index contributed by atoms with van der Waals surface area (Å²) in [7, 11) is 0. The van der Waals surface area contributed by atoms with Crippen molar-refractivity contribution in [2.45, 2.75) is 45.4 Å². The number of hydrogen-bond acceptors (Lipinski definition) is 5. The Bertz CT molecular complexity index is 681. The molecule has 1 aromatic carbocycles. The van der Waals surface area contributed by atoms with E-state index in [0.29, 0.717) is 11.4 Å². The van der Waals surface area contributed by atoms with Gasteiger partial charge in [0, 0.05) is 29.4 Å². The number of carbonyl (C=O) groups excluding carboxylic acids is 2. The van der Waals surface area contributed by atoms with Gasteiger partial charge in [-0.2, -0.15) is 5.10 Å². The van der Waals surface area contributed by atoms with Gasteiger partial charge in [-0.25, -0.2) is 5.43 Å². The molecule has 0 spiro atoms. The fraction of sp³-hybridized carbons (Fsp3) is 0.471. The van der Waals surface area contributed by atoms with Crippen molar-refractivity contribution in [2.75, 3.05) is 5.32 Å². The first kappa shape index (κ1) is 18.6. The lowest BCUT2D eigenvalue weighted by atomic mass is 9.89. The minimum Gasteiger partial charge on any atom is -0.326 e. The van der Waals surface area contributed by atoms with E-state index < -0.39 is 4.92 Å². The second-order valence-electron chi connectivity index (χ2n) is 6.19. The molecule has 0 aliphatic heterocycles. The number of amides is 2. The van der Waals surface area contributed by atoms with Crippen LogP contribution in [0.2, 0.25) is 0 Å². The molecule has 1 saturated carbocycles. The third-order valence-corrected chi connectivity index (χ3v) is 4.09. The topological polar surface area (TPSA) is 114 Å². The minimum absolute atomic E-state index is 0.00370. The maximum Gasteiger partial charge on any atom is 0.271 e. The molecule has 1 aliphatic carbocycles. The van der Waals surface area contributed by atoms with Crippen molar-refractivity contribution < 1.29 is 14.5 Å². The van der Waals surface area contributed by atoms with Crippen LogP contribution in [0.3, 0.4) is 0 Å². The van der Waals surface area contributed by atoms with Crippen molar-refractivity contribution in [3.63, 3.8) is 0 Å². The summed E-state index contributed by atoms with van der Waals surface area (Å²) >= 11 is 0. The highest BCUT2D eigenvalue weighted by Gasteiger charge is 2.20. The lowest BCUT2D eigenvalue weighted by Gasteiger charge is -2.19. The number of hydrogen-bond donors (Lipinski definition) is 2. The molecule has 0 saturated heterocycles. The number of non-ortho nitro benzene ring substituents is 1. The zero-order valence-corrected chi connectivity index (χ0v) is 14.2. The van der Waals surface area contributed by atoms with Gasteiger partial charge >= 0.3 is 0 Å². The minimum atomic E-state index is -0.525. The van der Waals surface area contributed by atoms with Gasteiger partial charge in [-0.3, -0.25) is 19.7 Å². The van der Waals surface area contributed by atoms with Crippen LogP contribution in [0, 0.1) is 16.0 Å². The molecule has 2 N–H and O–H groups in total. The number of carbonyl (C=O) groups is 2. The monoisotopic (exact) mass is 346 g/mol. The van der Waals surface area contributed by atoms with Gasteiger partial charge < -0.3 is 5.32 Å². The molecule has 0 bridgehead atoms. The van der Waals surface area contributed by atoms with Gasteiger partial charge in [0.1, 0.15) is 0 Å². The van der Waals surface area contributed by atoms with E-state index in [1.807, 2.05) is 0 Å². The van der Waals surface area contributed by atoms with Crippen LogP contribution < -0.4 is 10.7 Å². The van der Waals surface area contributed by atoms with Crippen LogP contribution >= 0.6 is 0 Å². The third kappa shape index (κ3) is 5.98. The Balaban J connectivity index is 1.83. The zero-order valence-electron chi connectivity index (χ0n) is 14.2. The molecule has 2 amide bonds. The van der Waals surface area contributed by atoms with E-state index in [2.05, 4.69) is 15.8 Å². The van der Waals surface area contributed by atoms with Gasteiger partial charge in [0.25, 0.3) is 5.69 Å². The van der Waals surface area contributed by atoms with Crippen molar-refractivity contribution >= 4 is 28.9 Å². The van der Waals surface area contributed by atoms with Crippen molar-refractivity contribution in [2.24, 2.45) is 11.0 Å². The van der Waals surface area contributed by atoms with Crippen LogP contribution in [-0.4, -0.2) is 22.4 Å². The quantitative estimate of drug-likeness (QED) is 0.468. The van der Waals surface area contributed by atoms with Crippen LogP contribution in [0.1, 0.15) is 45.4 Å². The first-order valence-corrected chi connectivity index (χ1v) is 8.33. The molecule has 134 valence electrons. The zero-order chi connectivity index (χ0) is 18.2. The number of nitrogens with zero attached hydrogens (tertiary/aromatic N) is 2. The van der Waals surface area contributed by atoms with E-state index in [1.165, 1.54) is 24.6 Å². The van der Waals surface area contributed by atoms with Crippen LogP contribution in [-0.2, 0) is 9.59 Å². The lowest BCUT2D eigenvalue weighted by Crippen LogP contribution is -2.29. The smallest absolute Gasteiger partial charge is 0.271 e. The van der Waals surface area contributed by atoms with Gasteiger partial charge in [-0.05, 0) is 25.8 Å². The molecular formula is C17H22N4O4. The summed E-state index contributed by atoms with van der Waals surface area (Å²) in [4.78, 5) is 34.2. The van der Waals surface area contributed by atoms with E-state index in [0.717, 1.165) is 25.7 Å². The van der Waals surface area contributed by atoms with Gasteiger partial charge in [-0.15, -0.1) is 0 Å². The van der Waals surface area contributed by atoms with Gasteiger partial charge in [0.15, 0.2) is 0 Å². The van der Waals surface area contributed by atoms with E-state index in [1.54, 1.807) is 13.0 Å². The van der Waals surface area contributed by atoms with Crippen LogP contribution in [0.25, 0.3) is 0 Å². The fourth-order valence-corrected chi connectivity index (χ4v) is 2.78. The van der Waals surface area contributed by atoms with Crippen molar-refractivity contribution in [3.05, 3.63) is 34.4 Å². The summed E-state index contributed by atoms with van der Waals surface area (Å²) in [5, 5.41) is 17.3. The standard InChI is InChI=1S/C17H22N4O4/c1-12(19-20-17(23)13-6-3-2-4-7-13)10-16(22)18-14-8-5-9-15(11-14)21(24)25/h5,8-9,11,13H,2-4,6-7,10H2,1H3,(H,18,22)(H,20,23)/b19-12+. The molecule has 8 nitrogen and oxygen atoms in total. The Labute approximate surface area is 145 Å². The molecule has 0 heterocycles. The molecule has 0 atom stereocenters. The predicted octanol–water partition coefficient (Wildman–Crippen LogP) is 3.00. The van der Waals surface area contributed by atoms with Crippen molar-refractivity contribution in [1.29, 1.82) is 0 Å². The van der Waals surface area contributed by atoms with Crippen LogP contribution in [0.4, 0.5) is 11.4 Å². The Kier molecular flexibility index (Phi) is 6.62. The highest BCUT2D eigenvalue weighted by atomic mass is 16.6. The summed E-state index contributed by atoms with van der Waals surface area (Å²) in [5.41, 5.74) is 3.24. The van der Waals surface area contributed by atoms with E-state index in [9.17, 15) is 19.7 Å². The molecule has 1 fully saturated rings.